The normalized spacial score (nSPS) is 27.6. The third-order valence-electron chi connectivity index (χ3n) is 5.68. The topological polar surface area (TPSA) is 26.3 Å². The molecule has 1 fully saturated rings. The van der Waals surface area contributed by atoms with Gasteiger partial charge in [-0.3, -0.25) is 4.79 Å². The summed E-state index contributed by atoms with van der Waals surface area (Å²) in [5.74, 6) is -0.0588. The Morgan fingerprint density at radius 1 is 1.35 bits per heavy atom. The van der Waals surface area contributed by atoms with Gasteiger partial charge in [-0.1, -0.05) is 40.3 Å². The van der Waals surface area contributed by atoms with E-state index in [1.165, 1.54) is 5.57 Å². The average Bonchev–Trinajstić information content (AvgIpc) is 2.58. The molecule has 1 saturated carbocycles. The van der Waals surface area contributed by atoms with Gasteiger partial charge < -0.3 is 4.74 Å². The fourth-order valence-electron chi connectivity index (χ4n) is 3.55. The molecule has 0 aliphatic heterocycles. The van der Waals surface area contributed by atoms with E-state index in [0.29, 0.717) is 0 Å². The first-order chi connectivity index (χ1) is 9.14. The Labute approximate surface area is 122 Å². The van der Waals surface area contributed by atoms with E-state index in [9.17, 15) is 4.79 Å². The van der Waals surface area contributed by atoms with Gasteiger partial charge in [0.05, 0.1) is 5.92 Å². The molecule has 0 radical (unpaired) electrons. The molecule has 0 aromatic carbocycles. The second-order valence-corrected chi connectivity index (χ2v) is 7.26. The Kier molecular flexibility index (Phi) is 3.48. The summed E-state index contributed by atoms with van der Waals surface area (Å²) in [6, 6.07) is 0. The molecule has 2 aliphatic carbocycles. The highest BCUT2D eigenvalue weighted by molar-refractivity contribution is 5.79. The molecule has 0 saturated heterocycles. The highest BCUT2D eigenvalue weighted by Gasteiger charge is 2.69. The van der Waals surface area contributed by atoms with Gasteiger partial charge in [0.25, 0.3) is 0 Å². The number of carbonyl (C=O) groups is 1. The lowest BCUT2D eigenvalue weighted by Crippen LogP contribution is -2.20. The minimum absolute atomic E-state index is 0.000445. The van der Waals surface area contributed by atoms with Crippen LogP contribution in [0, 0.1) is 16.7 Å². The van der Waals surface area contributed by atoms with Crippen LogP contribution in [0.3, 0.4) is 0 Å². The van der Waals surface area contributed by atoms with Crippen LogP contribution in [0.5, 0.6) is 0 Å². The molecule has 0 spiro atoms. The summed E-state index contributed by atoms with van der Waals surface area (Å²) in [6.45, 7) is 18.4. The monoisotopic (exact) mass is 274 g/mol. The van der Waals surface area contributed by atoms with Gasteiger partial charge in [-0.2, -0.15) is 0 Å². The van der Waals surface area contributed by atoms with E-state index in [1.807, 2.05) is 13.0 Å². The van der Waals surface area contributed by atoms with Crippen molar-refractivity contribution in [3.63, 3.8) is 0 Å². The number of ether oxygens (including phenoxy) is 1. The first-order valence-electron chi connectivity index (χ1n) is 7.33. The molecule has 20 heavy (non-hydrogen) atoms. The predicted molar refractivity (Wildman–Crippen MR) is 82.2 cm³/mol. The zero-order valence-corrected chi connectivity index (χ0v) is 13.4. The molecule has 0 N–H and O–H groups in total. The van der Waals surface area contributed by atoms with E-state index in [4.69, 9.17) is 4.74 Å². The summed E-state index contributed by atoms with van der Waals surface area (Å²) in [5.41, 5.74) is 3.48. The highest BCUT2D eigenvalue weighted by Crippen LogP contribution is 2.68. The minimum atomic E-state index is -0.128. The van der Waals surface area contributed by atoms with Crippen LogP contribution < -0.4 is 0 Å². The molecule has 0 aromatic heterocycles. The second-order valence-electron chi connectivity index (χ2n) is 7.26. The first kappa shape index (κ1) is 15.1. The Balaban J connectivity index is 2.08. The van der Waals surface area contributed by atoms with E-state index in [0.717, 1.165) is 24.0 Å². The van der Waals surface area contributed by atoms with Crippen molar-refractivity contribution in [1.29, 1.82) is 0 Å². The average molecular weight is 274 g/mol. The Bertz CT molecular complexity index is 492. The summed E-state index contributed by atoms with van der Waals surface area (Å²) < 4.78 is 5.77. The third kappa shape index (κ3) is 2.06. The van der Waals surface area contributed by atoms with Crippen molar-refractivity contribution in [2.24, 2.45) is 16.7 Å². The van der Waals surface area contributed by atoms with Gasteiger partial charge in [-0.15, -0.1) is 6.58 Å². The lowest BCUT2D eigenvalue weighted by Gasteiger charge is -2.14. The van der Waals surface area contributed by atoms with Gasteiger partial charge in [-0.05, 0) is 40.9 Å². The second kappa shape index (κ2) is 4.61. The van der Waals surface area contributed by atoms with E-state index in [2.05, 4.69) is 40.9 Å². The number of allylic oxidation sites excluding steroid dienone is 2. The zero-order valence-electron chi connectivity index (χ0n) is 13.4. The Morgan fingerprint density at radius 2 is 1.90 bits per heavy atom. The third-order valence-corrected chi connectivity index (χ3v) is 5.68. The molecule has 0 aromatic rings. The molecule has 2 nitrogen and oxygen atoms in total. The molecule has 1 atom stereocenters. The molecule has 2 heteroatoms. The number of carbonyl (C=O) groups excluding carboxylic acids is 1. The molecular formula is C18H26O2. The van der Waals surface area contributed by atoms with Gasteiger partial charge in [0.1, 0.15) is 6.10 Å². The summed E-state index contributed by atoms with van der Waals surface area (Å²) >= 11 is 0. The van der Waals surface area contributed by atoms with Gasteiger partial charge in [0, 0.05) is 6.42 Å². The number of rotatable bonds is 4. The minimum Gasteiger partial charge on any atom is -0.457 e. The van der Waals surface area contributed by atoms with E-state index in [-0.39, 0.29) is 28.8 Å². The Morgan fingerprint density at radius 3 is 2.35 bits per heavy atom. The highest BCUT2D eigenvalue weighted by atomic mass is 16.5. The van der Waals surface area contributed by atoms with E-state index >= 15 is 0 Å². The molecule has 2 rings (SSSR count). The zero-order chi connectivity index (χ0) is 15.3. The summed E-state index contributed by atoms with van der Waals surface area (Å²) in [7, 11) is 0. The Hall–Kier alpha value is -1.31. The van der Waals surface area contributed by atoms with Crippen molar-refractivity contribution in [1.82, 2.24) is 0 Å². The predicted octanol–water partition coefficient (Wildman–Crippen LogP) is 4.43. The van der Waals surface area contributed by atoms with Crippen molar-refractivity contribution in [3.05, 3.63) is 36.0 Å². The summed E-state index contributed by atoms with van der Waals surface area (Å²) in [6.07, 6.45) is 3.28. The van der Waals surface area contributed by atoms with Crippen LogP contribution in [-0.4, -0.2) is 12.1 Å². The van der Waals surface area contributed by atoms with E-state index in [1.54, 1.807) is 0 Å². The molecular weight excluding hydrogens is 248 g/mol. The molecule has 0 amide bonds. The van der Waals surface area contributed by atoms with Gasteiger partial charge in [0.2, 0.25) is 0 Å². The van der Waals surface area contributed by atoms with Crippen LogP contribution in [0.25, 0.3) is 0 Å². The smallest absolute Gasteiger partial charge is 0.310 e. The fourth-order valence-corrected chi connectivity index (χ4v) is 3.55. The standard InChI is InChI=1S/C18H26O2/c1-8-9-13-11(2)10-14(12(13)3)20-16(19)15-17(4,5)18(15,6)7/h8,14-15H,1-2,9-10H2,3-7H3. The molecule has 0 bridgehead atoms. The van der Waals surface area contributed by atoms with Crippen molar-refractivity contribution >= 4 is 5.97 Å². The van der Waals surface area contributed by atoms with Gasteiger partial charge in [0.15, 0.2) is 0 Å². The van der Waals surface area contributed by atoms with Crippen LogP contribution >= 0.6 is 0 Å². The quantitative estimate of drug-likeness (QED) is 0.560. The van der Waals surface area contributed by atoms with Crippen LogP contribution in [-0.2, 0) is 9.53 Å². The number of esters is 1. The van der Waals surface area contributed by atoms with Crippen LogP contribution in [0.2, 0.25) is 0 Å². The maximum Gasteiger partial charge on any atom is 0.310 e. The van der Waals surface area contributed by atoms with Gasteiger partial charge in [-0.25, -0.2) is 0 Å². The fraction of sp³-hybridized carbons (Fsp3) is 0.611. The largest absolute Gasteiger partial charge is 0.457 e. The van der Waals surface area contributed by atoms with Crippen LogP contribution in [0.4, 0.5) is 0 Å². The molecule has 2 aliphatic rings. The van der Waals surface area contributed by atoms with Crippen molar-refractivity contribution < 1.29 is 9.53 Å². The lowest BCUT2D eigenvalue weighted by molar-refractivity contribution is -0.150. The summed E-state index contributed by atoms with van der Waals surface area (Å²) in [4.78, 5) is 12.4. The van der Waals surface area contributed by atoms with Crippen molar-refractivity contribution in [3.8, 4) is 0 Å². The van der Waals surface area contributed by atoms with Crippen molar-refractivity contribution in [2.75, 3.05) is 0 Å². The van der Waals surface area contributed by atoms with Gasteiger partial charge >= 0.3 is 5.97 Å². The first-order valence-corrected chi connectivity index (χ1v) is 7.33. The lowest BCUT2D eigenvalue weighted by atomic mass is 10.0. The molecule has 110 valence electrons. The molecule has 0 heterocycles. The number of hydrogen-bond acceptors (Lipinski definition) is 2. The number of hydrogen-bond donors (Lipinski definition) is 0. The van der Waals surface area contributed by atoms with Crippen molar-refractivity contribution in [2.45, 2.75) is 53.6 Å². The molecule has 1 unspecified atom stereocenters. The SMILES string of the molecule is C=CCC1=C(C)C(OC(=O)C2C(C)(C)C2(C)C)CC1=C. The van der Waals surface area contributed by atoms with Crippen LogP contribution in [0.1, 0.15) is 47.5 Å². The maximum atomic E-state index is 12.4. The summed E-state index contributed by atoms with van der Waals surface area (Å²) in [5, 5.41) is 0. The van der Waals surface area contributed by atoms with E-state index < -0.39 is 0 Å². The van der Waals surface area contributed by atoms with Crippen LogP contribution in [0.15, 0.2) is 36.0 Å². The maximum absolute atomic E-state index is 12.4.